The lowest BCUT2D eigenvalue weighted by molar-refractivity contribution is 0.0697. The lowest BCUT2D eigenvalue weighted by atomic mass is 10.2. The molecule has 0 spiro atoms. The van der Waals surface area contributed by atoms with Gasteiger partial charge in [-0.3, -0.25) is 0 Å². The summed E-state index contributed by atoms with van der Waals surface area (Å²) >= 11 is 6.67. The number of carboxylic acids is 1. The normalized spacial score (nSPS) is 10.4. The van der Waals surface area contributed by atoms with Crippen LogP contribution in [0, 0.1) is 12.7 Å². The summed E-state index contributed by atoms with van der Waals surface area (Å²) in [5.74, 6) is -1.59. The minimum absolute atomic E-state index is 0.0295. The third kappa shape index (κ3) is 2.44. The largest absolute Gasteiger partial charge is 0.478 e. The third-order valence-corrected chi connectivity index (χ3v) is 3.40. The molecule has 0 amide bonds. The van der Waals surface area contributed by atoms with E-state index in [1.165, 1.54) is 18.2 Å². The number of nitrogens with one attached hydrogen (secondary N) is 1. The maximum absolute atomic E-state index is 13.0. The summed E-state index contributed by atoms with van der Waals surface area (Å²) in [4.78, 5) is 11.1. The average Bonchev–Trinajstić information content (AvgIpc) is 2.65. The quantitative estimate of drug-likeness (QED) is 0.903. The molecule has 0 bridgehead atoms. The first kappa shape index (κ1) is 12.8. The molecule has 1 aromatic carbocycles. The predicted octanol–water partition coefficient (Wildman–Crippen LogP) is 3.69. The molecule has 0 aliphatic carbocycles. The van der Waals surface area contributed by atoms with Crippen LogP contribution in [0.3, 0.4) is 0 Å². The Balaban J connectivity index is 2.34. The van der Waals surface area contributed by atoms with E-state index in [1.54, 1.807) is 6.92 Å². The Hall–Kier alpha value is -1.66. The van der Waals surface area contributed by atoms with Crippen LogP contribution in [0.25, 0.3) is 0 Å². The van der Waals surface area contributed by atoms with Crippen LogP contribution >= 0.6 is 23.1 Å². The van der Waals surface area contributed by atoms with Crippen LogP contribution in [0.15, 0.2) is 18.2 Å². The Labute approximate surface area is 111 Å². The second-order valence-electron chi connectivity index (χ2n) is 3.53. The van der Waals surface area contributed by atoms with Gasteiger partial charge in [-0.2, -0.15) is 4.37 Å². The minimum Gasteiger partial charge on any atom is -0.478 e. The van der Waals surface area contributed by atoms with E-state index < -0.39 is 11.8 Å². The van der Waals surface area contributed by atoms with Gasteiger partial charge >= 0.3 is 5.97 Å². The number of carboxylic acid groups (broad SMARTS) is 1. The zero-order valence-corrected chi connectivity index (χ0v) is 10.8. The minimum atomic E-state index is -1.06. The molecular formula is C11H8ClFN2O2S. The summed E-state index contributed by atoms with van der Waals surface area (Å²) < 4.78 is 17.0. The number of carbonyl (C=O) groups is 1. The van der Waals surface area contributed by atoms with E-state index in [-0.39, 0.29) is 10.6 Å². The van der Waals surface area contributed by atoms with Crippen molar-refractivity contribution in [1.82, 2.24) is 4.37 Å². The molecule has 4 nitrogen and oxygen atoms in total. The van der Waals surface area contributed by atoms with Gasteiger partial charge in [0.05, 0.1) is 10.7 Å². The first-order valence-corrected chi connectivity index (χ1v) is 6.06. The summed E-state index contributed by atoms with van der Waals surface area (Å²) in [7, 11) is 0. The van der Waals surface area contributed by atoms with Gasteiger partial charge in [0.1, 0.15) is 16.4 Å². The van der Waals surface area contributed by atoms with E-state index in [4.69, 9.17) is 16.7 Å². The molecule has 0 aliphatic rings. The molecular weight excluding hydrogens is 279 g/mol. The highest BCUT2D eigenvalue weighted by Crippen LogP contribution is 2.29. The van der Waals surface area contributed by atoms with Gasteiger partial charge in [-0.15, -0.1) is 0 Å². The summed E-state index contributed by atoms with van der Waals surface area (Å²) in [6.07, 6.45) is 0. The zero-order valence-electron chi connectivity index (χ0n) is 9.20. The summed E-state index contributed by atoms with van der Waals surface area (Å²) in [5, 5.41) is 12.3. The van der Waals surface area contributed by atoms with Crippen LogP contribution in [0.5, 0.6) is 0 Å². The van der Waals surface area contributed by atoms with Crippen molar-refractivity contribution >= 4 is 39.8 Å². The molecule has 0 saturated heterocycles. The average molecular weight is 287 g/mol. The Bertz CT molecular complexity index is 615. The van der Waals surface area contributed by atoms with E-state index in [0.717, 1.165) is 11.5 Å². The molecule has 0 unspecified atom stereocenters. The number of benzene rings is 1. The monoisotopic (exact) mass is 286 g/mol. The number of aryl methyl sites for hydroxylation is 1. The first-order valence-electron chi connectivity index (χ1n) is 4.90. The number of rotatable bonds is 3. The third-order valence-electron chi connectivity index (χ3n) is 2.25. The number of nitrogens with zero attached hydrogens (tertiary/aromatic N) is 1. The van der Waals surface area contributed by atoms with Crippen LogP contribution in [0.2, 0.25) is 5.02 Å². The van der Waals surface area contributed by atoms with E-state index >= 15 is 0 Å². The molecule has 0 fully saturated rings. The smallest absolute Gasteiger partial charge is 0.340 e. The van der Waals surface area contributed by atoms with Crippen molar-refractivity contribution in [3.63, 3.8) is 0 Å². The van der Waals surface area contributed by atoms with Gasteiger partial charge in [-0.1, -0.05) is 11.6 Å². The van der Waals surface area contributed by atoms with Crippen molar-refractivity contribution in [2.75, 3.05) is 5.32 Å². The van der Waals surface area contributed by atoms with Crippen LogP contribution in [0.4, 0.5) is 15.1 Å². The number of hydrogen-bond acceptors (Lipinski definition) is 4. The first-order chi connectivity index (χ1) is 8.49. The number of hydrogen-bond donors (Lipinski definition) is 2. The number of anilines is 2. The Morgan fingerprint density at radius 1 is 1.56 bits per heavy atom. The number of halogens is 2. The molecule has 0 radical (unpaired) electrons. The SMILES string of the molecule is Cc1nsc(Nc2ccc(F)c(Cl)c2)c1C(=O)O. The fraction of sp³-hybridized carbons (Fsp3) is 0.0909. The molecule has 0 atom stereocenters. The molecule has 2 rings (SSSR count). The van der Waals surface area contributed by atoms with Gasteiger partial charge in [-0.25, -0.2) is 9.18 Å². The van der Waals surface area contributed by atoms with Crippen LogP contribution in [-0.2, 0) is 0 Å². The molecule has 18 heavy (non-hydrogen) atoms. The highest BCUT2D eigenvalue weighted by Gasteiger charge is 2.17. The van der Waals surface area contributed by atoms with E-state index in [2.05, 4.69) is 9.69 Å². The van der Waals surface area contributed by atoms with Crippen molar-refractivity contribution in [2.24, 2.45) is 0 Å². The molecule has 0 saturated carbocycles. The van der Waals surface area contributed by atoms with Crippen molar-refractivity contribution in [3.8, 4) is 0 Å². The number of aromatic nitrogens is 1. The topological polar surface area (TPSA) is 62.2 Å². The second-order valence-corrected chi connectivity index (χ2v) is 4.71. The maximum atomic E-state index is 13.0. The van der Waals surface area contributed by atoms with Gasteiger partial charge in [-0.05, 0) is 36.7 Å². The Morgan fingerprint density at radius 2 is 2.28 bits per heavy atom. The van der Waals surface area contributed by atoms with Gasteiger partial charge < -0.3 is 10.4 Å². The van der Waals surface area contributed by atoms with Crippen LogP contribution in [-0.4, -0.2) is 15.4 Å². The van der Waals surface area contributed by atoms with Crippen LogP contribution < -0.4 is 5.32 Å². The predicted molar refractivity (Wildman–Crippen MR) is 68.5 cm³/mol. The summed E-state index contributed by atoms with van der Waals surface area (Å²) in [6, 6.07) is 4.07. The van der Waals surface area contributed by atoms with Gasteiger partial charge in [0.25, 0.3) is 0 Å². The highest BCUT2D eigenvalue weighted by atomic mass is 35.5. The van der Waals surface area contributed by atoms with Crippen molar-refractivity contribution in [3.05, 3.63) is 40.3 Å². The maximum Gasteiger partial charge on any atom is 0.340 e. The van der Waals surface area contributed by atoms with E-state index in [0.29, 0.717) is 16.4 Å². The molecule has 0 aliphatic heterocycles. The molecule has 2 aromatic rings. The van der Waals surface area contributed by atoms with Crippen molar-refractivity contribution in [1.29, 1.82) is 0 Å². The number of aromatic carboxylic acids is 1. The van der Waals surface area contributed by atoms with E-state index in [9.17, 15) is 9.18 Å². The zero-order chi connectivity index (χ0) is 13.3. The standard InChI is InChI=1S/C11H8ClFN2O2S/c1-5-9(11(16)17)10(18-15-5)14-6-2-3-8(13)7(12)4-6/h2-4,14H,1H3,(H,16,17). The summed E-state index contributed by atoms with van der Waals surface area (Å²) in [5.41, 5.74) is 1.05. The summed E-state index contributed by atoms with van der Waals surface area (Å²) in [6.45, 7) is 1.61. The lowest BCUT2D eigenvalue weighted by Gasteiger charge is -2.05. The Morgan fingerprint density at radius 3 is 2.89 bits per heavy atom. The molecule has 94 valence electrons. The highest BCUT2D eigenvalue weighted by molar-refractivity contribution is 7.10. The second kappa shape index (κ2) is 4.91. The van der Waals surface area contributed by atoms with Crippen molar-refractivity contribution < 1.29 is 14.3 Å². The van der Waals surface area contributed by atoms with Crippen molar-refractivity contribution in [2.45, 2.75) is 6.92 Å². The molecule has 1 heterocycles. The molecule has 2 N–H and O–H groups in total. The fourth-order valence-electron chi connectivity index (χ4n) is 1.41. The van der Waals surface area contributed by atoms with Gasteiger partial charge in [0, 0.05) is 5.69 Å². The molecule has 1 aromatic heterocycles. The fourth-order valence-corrected chi connectivity index (χ4v) is 2.40. The van der Waals surface area contributed by atoms with Gasteiger partial charge in [0.15, 0.2) is 0 Å². The van der Waals surface area contributed by atoms with Gasteiger partial charge in [0.2, 0.25) is 0 Å². The lowest BCUT2D eigenvalue weighted by Crippen LogP contribution is -2.01. The van der Waals surface area contributed by atoms with Crippen LogP contribution in [0.1, 0.15) is 16.1 Å². The van der Waals surface area contributed by atoms with E-state index in [1.807, 2.05) is 0 Å². The molecule has 7 heteroatoms. The Kier molecular flexibility index (Phi) is 3.49.